The number of aromatic nitrogens is 2. The van der Waals surface area contributed by atoms with Gasteiger partial charge in [0.15, 0.2) is 0 Å². The molecule has 0 radical (unpaired) electrons. The summed E-state index contributed by atoms with van der Waals surface area (Å²) >= 11 is 0. The minimum absolute atomic E-state index is 0.0674. The van der Waals surface area contributed by atoms with Crippen LogP contribution >= 0.6 is 0 Å². The highest BCUT2D eigenvalue weighted by Crippen LogP contribution is 2.05. The molecule has 0 aliphatic rings. The molecule has 17 heavy (non-hydrogen) atoms. The van der Waals surface area contributed by atoms with Crippen LogP contribution in [0, 0.1) is 0 Å². The summed E-state index contributed by atoms with van der Waals surface area (Å²) in [7, 11) is 0. The van der Waals surface area contributed by atoms with E-state index in [-0.39, 0.29) is 5.91 Å². The van der Waals surface area contributed by atoms with E-state index in [2.05, 4.69) is 22.2 Å². The topological polar surface area (TPSA) is 57.8 Å². The Bertz CT molecular complexity index is 474. The second kappa shape index (κ2) is 5.30. The molecule has 0 aliphatic heterocycles. The smallest absolute Gasteiger partial charge is 0.251 e. The first kappa shape index (κ1) is 11.4. The summed E-state index contributed by atoms with van der Waals surface area (Å²) in [5, 5.41) is 2.83. The largest absolute Gasteiger partial charge is 0.347 e. The summed E-state index contributed by atoms with van der Waals surface area (Å²) in [6, 6.07) is 7.65. The number of aryl methyl sites for hydroxylation is 1. The second-order valence-corrected chi connectivity index (χ2v) is 3.81. The first-order valence-electron chi connectivity index (χ1n) is 5.64. The van der Waals surface area contributed by atoms with Crippen molar-refractivity contribution in [2.75, 3.05) is 0 Å². The molecule has 0 bridgehead atoms. The van der Waals surface area contributed by atoms with Crippen LogP contribution in [0.15, 0.2) is 36.8 Å². The van der Waals surface area contributed by atoms with Crippen molar-refractivity contribution in [2.24, 2.45) is 0 Å². The number of imidazole rings is 1. The summed E-state index contributed by atoms with van der Waals surface area (Å²) < 4.78 is 0. The van der Waals surface area contributed by atoms with Crippen LogP contribution in [0.5, 0.6) is 0 Å². The fourth-order valence-electron chi connectivity index (χ4n) is 1.55. The average Bonchev–Trinajstić information content (AvgIpc) is 2.89. The SMILES string of the molecule is CCc1ccc(C(=O)NCc2cnc[nH]2)cc1. The number of carbonyl (C=O) groups excluding carboxylic acids is 1. The van der Waals surface area contributed by atoms with E-state index in [1.54, 1.807) is 12.5 Å². The molecular weight excluding hydrogens is 214 g/mol. The minimum Gasteiger partial charge on any atom is -0.347 e. The number of H-pyrrole nitrogens is 1. The molecule has 2 aromatic rings. The highest BCUT2D eigenvalue weighted by molar-refractivity contribution is 5.94. The van der Waals surface area contributed by atoms with Crippen LogP contribution in [0.2, 0.25) is 0 Å². The number of nitrogens with zero attached hydrogens (tertiary/aromatic N) is 1. The van der Waals surface area contributed by atoms with E-state index in [0.717, 1.165) is 12.1 Å². The Labute approximate surface area is 100 Å². The first-order chi connectivity index (χ1) is 8.29. The molecule has 0 aliphatic carbocycles. The number of benzene rings is 1. The fraction of sp³-hybridized carbons (Fsp3) is 0.231. The third-order valence-corrected chi connectivity index (χ3v) is 2.62. The van der Waals surface area contributed by atoms with Crippen LogP contribution in [0.3, 0.4) is 0 Å². The van der Waals surface area contributed by atoms with E-state index in [4.69, 9.17) is 0 Å². The Morgan fingerprint density at radius 1 is 1.35 bits per heavy atom. The highest BCUT2D eigenvalue weighted by Gasteiger charge is 2.04. The van der Waals surface area contributed by atoms with Gasteiger partial charge in [-0.1, -0.05) is 19.1 Å². The van der Waals surface area contributed by atoms with Crippen LogP contribution in [0.1, 0.15) is 28.5 Å². The normalized spacial score (nSPS) is 10.2. The molecule has 0 saturated heterocycles. The lowest BCUT2D eigenvalue weighted by atomic mass is 10.1. The number of hydrogen-bond donors (Lipinski definition) is 2. The van der Waals surface area contributed by atoms with Gasteiger partial charge in [0, 0.05) is 11.8 Å². The molecule has 0 fully saturated rings. The zero-order valence-electron chi connectivity index (χ0n) is 9.73. The van der Waals surface area contributed by atoms with E-state index < -0.39 is 0 Å². The van der Waals surface area contributed by atoms with Gasteiger partial charge in [0.1, 0.15) is 0 Å². The number of carbonyl (C=O) groups is 1. The van der Waals surface area contributed by atoms with Crippen molar-refractivity contribution in [3.8, 4) is 0 Å². The second-order valence-electron chi connectivity index (χ2n) is 3.81. The van der Waals surface area contributed by atoms with Crippen LogP contribution in [-0.2, 0) is 13.0 Å². The first-order valence-corrected chi connectivity index (χ1v) is 5.64. The van der Waals surface area contributed by atoms with E-state index in [0.29, 0.717) is 12.1 Å². The quantitative estimate of drug-likeness (QED) is 0.841. The van der Waals surface area contributed by atoms with Crippen molar-refractivity contribution >= 4 is 5.91 Å². The molecule has 1 aromatic heterocycles. The third kappa shape index (κ3) is 2.93. The zero-order chi connectivity index (χ0) is 12.1. The maximum Gasteiger partial charge on any atom is 0.251 e. The van der Waals surface area contributed by atoms with Crippen molar-refractivity contribution in [1.29, 1.82) is 0 Å². The van der Waals surface area contributed by atoms with Crippen LogP contribution in [0.25, 0.3) is 0 Å². The minimum atomic E-state index is -0.0674. The number of aromatic amines is 1. The molecule has 0 atom stereocenters. The molecule has 0 saturated carbocycles. The van der Waals surface area contributed by atoms with Gasteiger partial charge in [-0.25, -0.2) is 4.98 Å². The van der Waals surface area contributed by atoms with E-state index in [1.165, 1.54) is 5.56 Å². The molecule has 0 unspecified atom stereocenters. The van der Waals surface area contributed by atoms with Gasteiger partial charge >= 0.3 is 0 Å². The standard InChI is InChI=1S/C13H15N3O/c1-2-10-3-5-11(6-4-10)13(17)15-8-12-7-14-9-16-12/h3-7,9H,2,8H2,1H3,(H,14,16)(H,15,17). The molecular formula is C13H15N3O. The molecule has 4 nitrogen and oxygen atoms in total. The Kier molecular flexibility index (Phi) is 3.55. The molecule has 1 aromatic carbocycles. The molecule has 1 amide bonds. The lowest BCUT2D eigenvalue weighted by Crippen LogP contribution is -2.22. The summed E-state index contributed by atoms with van der Waals surface area (Å²) in [6.45, 7) is 2.56. The van der Waals surface area contributed by atoms with Gasteiger partial charge in [0.2, 0.25) is 0 Å². The number of rotatable bonds is 4. The van der Waals surface area contributed by atoms with Gasteiger partial charge in [0.05, 0.1) is 18.6 Å². The Balaban J connectivity index is 1.95. The Hall–Kier alpha value is -2.10. The maximum absolute atomic E-state index is 11.8. The molecule has 4 heteroatoms. The van der Waals surface area contributed by atoms with E-state index in [1.807, 2.05) is 24.3 Å². The monoisotopic (exact) mass is 229 g/mol. The van der Waals surface area contributed by atoms with Crippen molar-refractivity contribution in [3.05, 3.63) is 53.6 Å². The fourth-order valence-corrected chi connectivity index (χ4v) is 1.55. The number of nitrogens with one attached hydrogen (secondary N) is 2. The predicted molar refractivity (Wildman–Crippen MR) is 65.6 cm³/mol. The van der Waals surface area contributed by atoms with E-state index in [9.17, 15) is 4.79 Å². The third-order valence-electron chi connectivity index (χ3n) is 2.62. The summed E-state index contributed by atoms with van der Waals surface area (Å²) in [6.07, 6.45) is 4.27. The van der Waals surface area contributed by atoms with Crippen molar-refractivity contribution in [1.82, 2.24) is 15.3 Å². The van der Waals surface area contributed by atoms with Gasteiger partial charge in [-0.2, -0.15) is 0 Å². The highest BCUT2D eigenvalue weighted by atomic mass is 16.1. The van der Waals surface area contributed by atoms with Crippen molar-refractivity contribution in [3.63, 3.8) is 0 Å². The van der Waals surface area contributed by atoms with Gasteiger partial charge in [-0.05, 0) is 24.1 Å². The van der Waals surface area contributed by atoms with Gasteiger partial charge in [-0.3, -0.25) is 4.79 Å². The predicted octanol–water partition coefficient (Wildman–Crippen LogP) is 1.90. The van der Waals surface area contributed by atoms with Crippen molar-refractivity contribution in [2.45, 2.75) is 19.9 Å². The maximum atomic E-state index is 11.8. The van der Waals surface area contributed by atoms with Crippen molar-refractivity contribution < 1.29 is 4.79 Å². The summed E-state index contributed by atoms with van der Waals surface area (Å²) in [4.78, 5) is 18.6. The van der Waals surface area contributed by atoms with Crippen LogP contribution in [-0.4, -0.2) is 15.9 Å². The Morgan fingerprint density at radius 2 is 2.12 bits per heavy atom. The average molecular weight is 229 g/mol. The van der Waals surface area contributed by atoms with Gasteiger partial charge in [0.25, 0.3) is 5.91 Å². The summed E-state index contributed by atoms with van der Waals surface area (Å²) in [5.41, 5.74) is 2.81. The molecule has 1 heterocycles. The van der Waals surface area contributed by atoms with Crippen LogP contribution < -0.4 is 5.32 Å². The van der Waals surface area contributed by atoms with Crippen LogP contribution in [0.4, 0.5) is 0 Å². The molecule has 0 spiro atoms. The zero-order valence-corrected chi connectivity index (χ0v) is 9.73. The van der Waals surface area contributed by atoms with Gasteiger partial charge in [-0.15, -0.1) is 0 Å². The molecule has 2 N–H and O–H groups in total. The van der Waals surface area contributed by atoms with E-state index >= 15 is 0 Å². The van der Waals surface area contributed by atoms with Gasteiger partial charge < -0.3 is 10.3 Å². The summed E-state index contributed by atoms with van der Waals surface area (Å²) in [5.74, 6) is -0.0674. The number of amides is 1. The molecule has 88 valence electrons. The Morgan fingerprint density at radius 3 is 2.71 bits per heavy atom. The lowest BCUT2D eigenvalue weighted by molar-refractivity contribution is 0.0950. The molecule has 2 rings (SSSR count). The number of hydrogen-bond acceptors (Lipinski definition) is 2. The lowest BCUT2D eigenvalue weighted by Gasteiger charge is -2.04.